The third-order valence-corrected chi connectivity index (χ3v) is 3.53. The number of hydrogen-bond acceptors (Lipinski definition) is 2. The third-order valence-electron chi connectivity index (χ3n) is 3.53. The Morgan fingerprint density at radius 3 is 2.24 bits per heavy atom. The van der Waals surface area contributed by atoms with Crippen LogP contribution in [-0.4, -0.2) is 11.7 Å². The molecule has 0 aliphatic heterocycles. The Morgan fingerprint density at radius 1 is 0.952 bits per heavy atom. The van der Waals surface area contributed by atoms with Gasteiger partial charge in [0, 0.05) is 6.42 Å². The van der Waals surface area contributed by atoms with Gasteiger partial charge in [0.2, 0.25) is 0 Å². The van der Waals surface area contributed by atoms with Crippen LogP contribution in [-0.2, 0) is 5.41 Å². The number of ether oxygens (including phenoxy) is 1. The van der Waals surface area contributed by atoms with E-state index in [1.807, 2.05) is 48.5 Å². The highest BCUT2D eigenvalue weighted by Gasteiger charge is 2.18. The van der Waals surface area contributed by atoms with Gasteiger partial charge in [-0.3, -0.25) is 0 Å². The van der Waals surface area contributed by atoms with Crippen molar-refractivity contribution in [1.29, 1.82) is 0 Å². The quantitative estimate of drug-likeness (QED) is 0.876. The first-order chi connectivity index (χ1) is 9.98. The molecule has 0 amide bonds. The molecule has 1 atom stereocenters. The molecule has 2 nitrogen and oxygen atoms in total. The summed E-state index contributed by atoms with van der Waals surface area (Å²) in [5, 5.41) is 10.1. The molecule has 0 aromatic heterocycles. The van der Waals surface area contributed by atoms with Crippen molar-refractivity contribution in [3.8, 4) is 5.75 Å². The molecule has 112 valence electrons. The van der Waals surface area contributed by atoms with Crippen LogP contribution in [0.4, 0.5) is 0 Å². The van der Waals surface area contributed by atoms with Crippen molar-refractivity contribution in [2.24, 2.45) is 0 Å². The van der Waals surface area contributed by atoms with Crippen LogP contribution in [0.3, 0.4) is 0 Å². The maximum absolute atomic E-state index is 10.1. The molecule has 1 unspecified atom stereocenters. The number of hydrogen-bond donors (Lipinski definition) is 1. The highest BCUT2D eigenvalue weighted by molar-refractivity contribution is 5.38. The van der Waals surface area contributed by atoms with E-state index in [1.54, 1.807) is 0 Å². The van der Waals surface area contributed by atoms with Gasteiger partial charge in [0.1, 0.15) is 5.75 Å². The van der Waals surface area contributed by atoms with Gasteiger partial charge in [0.25, 0.3) is 0 Å². The Hall–Kier alpha value is -1.80. The molecule has 0 bridgehead atoms. The molecule has 1 N–H and O–H groups in total. The predicted molar refractivity (Wildman–Crippen MR) is 86.7 cm³/mol. The van der Waals surface area contributed by atoms with Gasteiger partial charge in [-0.05, 0) is 22.6 Å². The first-order valence-corrected chi connectivity index (χ1v) is 7.44. The number of aliphatic hydroxyl groups excluding tert-OH is 1. The van der Waals surface area contributed by atoms with Crippen molar-refractivity contribution in [3.05, 3.63) is 65.7 Å². The highest BCUT2D eigenvalue weighted by atomic mass is 16.5. The molecular weight excluding hydrogens is 260 g/mol. The standard InChI is InChI=1S/C19H24O2/c1-19(2,3)16-11-7-8-12-18(16)21-14-13-17(20)15-9-5-4-6-10-15/h4-12,17,20H,13-14H2,1-3H3. The Bertz CT molecular complexity index is 555. The maximum atomic E-state index is 10.1. The van der Waals surface area contributed by atoms with Crippen LogP contribution in [0.5, 0.6) is 5.75 Å². The molecule has 0 heterocycles. The zero-order valence-electron chi connectivity index (χ0n) is 13.0. The van der Waals surface area contributed by atoms with E-state index in [1.165, 1.54) is 5.56 Å². The second kappa shape index (κ2) is 6.77. The fourth-order valence-corrected chi connectivity index (χ4v) is 2.33. The summed E-state index contributed by atoms with van der Waals surface area (Å²) in [5.41, 5.74) is 2.18. The summed E-state index contributed by atoms with van der Waals surface area (Å²) in [6.07, 6.45) is 0.107. The number of benzene rings is 2. The summed E-state index contributed by atoms with van der Waals surface area (Å²) < 4.78 is 5.90. The first kappa shape index (κ1) is 15.6. The van der Waals surface area contributed by atoms with E-state index in [9.17, 15) is 5.11 Å². The van der Waals surface area contributed by atoms with E-state index in [-0.39, 0.29) is 5.41 Å². The lowest BCUT2D eigenvalue weighted by Gasteiger charge is -2.23. The SMILES string of the molecule is CC(C)(C)c1ccccc1OCCC(O)c1ccccc1. The smallest absolute Gasteiger partial charge is 0.123 e. The minimum atomic E-state index is -0.479. The average molecular weight is 284 g/mol. The van der Waals surface area contributed by atoms with Gasteiger partial charge in [-0.1, -0.05) is 69.3 Å². The molecule has 21 heavy (non-hydrogen) atoms. The lowest BCUT2D eigenvalue weighted by atomic mass is 9.86. The molecule has 2 aromatic rings. The molecule has 2 aromatic carbocycles. The van der Waals surface area contributed by atoms with E-state index in [0.717, 1.165) is 11.3 Å². The molecule has 0 aliphatic carbocycles. The molecule has 2 heteroatoms. The Labute approximate surface area is 127 Å². The monoisotopic (exact) mass is 284 g/mol. The minimum absolute atomic E-state index is 0.0502. The molecule has 0 spiro atoms. The van der Waals surface area contributed by atoms with Crippen molar-refractivity contribution in [3.63, 3.8) is 0 Å². The van der Waals surface area contributed by atoms with Crippen molar-refractivity contribution >= 4 is 0 Å². The molecule has 0 saturated carbocycles. The van der Waals surface area contributed by atoms with Crippen LogP contribution in [0.15, 0.2) is 54.6 Å². The first-order valence-electron chi connectivity index (χ1n) is 7.44. The van der Waals surface area contributed by atoms with Crippen LogP contribution < -0.4 is 4.74 Å². The van der Waals surface area contributed by atoms with Gasteiger partial charge in [-0.15, -0.1) is 0 Å². The number of rotatable bonds is 5. The number of aliphatic hydroxyl groups is 1. The second-order valence-corrected chi connectivity index (χ2v) is 6.31. The molecule has 0 aliphatic rings. The Morgan fingerprint density at radius 2 is 1.57 bits per heavy atom. The lowest BCUT2D eigenvalue weighted by molar-refractivity contribution is 0.140. The Kier molecular flexibility index (Phi) is 5.03. The fourth-order valence-electron chi connectivity index (χ4n) is 2.33. The molecule has 2 rings (SSSR count). The van der Waals surface area contributed by atoms with Gasteiger partial charge >= 0.3 is 0 Å². The van der Waals surface area contributed by atoms with Crippen molar-refractivity contribution in [1.82, 2.24) is 0 Å². The van der Waals surface area contributed by atoms with Crippen LogP contribution in [0.2, 0.25) is 0 Å². The third kappa shape index (κ3) is 4.33. The molecule has 0 radical (unpaired) electrons. The lowest BCUT2D eigenvalue weighted by Crippen LogP contribution is -2.14. The zero-order chi connectivity index (χ0) is 15.3. The number of para-hydroxylation sites is 1. The van der Waals surface area contributed by atoms with Crippen LogP contribution in [0.1, 0.15) is 44.4 Å². The van der Waals surface area contributed by atoms with Gasteiger partial charge in [0.05, 0.1) is 12.7 Å². The minimum Gasteiger partial charge on any atom is -0.493 e. The topological polar surface area (TPSA) is 29.5 Å². The predicted octanol–water partition coefficient (Wildman–Crippen LogP) is 4.49. The van der Waals surface area contributed by atoms with E-state index in [4.69, 9.17) is 4.74 Å². The Balaban J connectivity index is 1.95. The molecule has 0 saturated heterocycles. The summed E-state index contributed by atoms with van der Waals surface area (Å²) in [4.78, 5) is 0. The van der Waals surface area contributed by atoms with Crippen molar-refractivity contribution in [2.75, 3.05) is 6.61 Å². The van der Waals surface area contributed by atoms with Gasteiger partial charge in [0.15, 0.2) is 0 Å². The van der Waals surface area contributed by atoms with E-state index in [0.29, 0.717) is 13.0 Å². The molecular formula is C19H24O2. The highest BCUT2D eigenvalue weighted by Crippen LogP contribution is 2.31. The van der Waals surface area contributed by atoms with Gasteiger partial charge in [-0.2, -0.15) is 0 Å². The van der Waals surface area contributed by atoms with Crippen LogP contribution >= 0.6 is 0 Å². The van der Waals surface area contributed by atoms with Crippen LogP contribution in [0, 0.1) is 0 Å². The normalized spacial score (nSPS) is 13.0. The summed E-state index contributed by atoms with van der Waals surface area (Å²) in [6.45, 7) is 7.03. The molecule has 0 fully saturated rings. The largest absolute Gasteiger partial charge is 0.493 e. The summed E-state index contributed by atoms with van der Waals surface area (Å²) in [7, 11) is 0. The average Bonchev–Trinajstić information content (AvgIpc) is 2.47. The zero-order valence-corrected chi connectivity index (χ0v) is 13.0. The summed E-state index contributed by atoms with van der Waals surface area (Å²) in [5.74, 6) is 0.908. The van der Waals surface area contributed by atoms with Crippen molar-refractivity contribution in [2.45, 2.75) is 38.7 Å². The second-order valence-electron chi connectivity index (χ2n) is 6.31. The van der Waals surface area contributed by atoms with Crippen LogP contribution in [0.25, 0.3) is 0 Å². The van der Waals surface area contributed by atoms with E-state index in [2.05, 4.69) is 26.8 Å². The summed E-state index contributed by atoms with van der Waals surface area (Å²) in [6, 6.07) is 17.8. The summed E-state index contributed by atoms with van der Waals surface area (Å²) >= 11 is 0. The van der Waals surface area contributed by atoms with Gasteiger partial charge in [-0.25, -0.2) is 0 Å². The van der Waals surface area contributed by atoms with E-state index < -0.39 is 6.10 Å². The maximum Gasteiger partial charge on any atom is 0.123 e. The fraction of sp³-hybridized carbons (Fsp3) is 0.368. The van der Waals surface area contributed by atoms with E-state index >= 15 is 0 Å². The van der Waals surface area contributed by atoms with Gasteiger partial charge < -0.3 is 9.84 Å². The van der Waals surface area contributed by atoms with Crippen molar-refractivity contribution < 1.29 is 9.84 Å².